The molecule has 0 spiro atoms. The van der Waals surface area contributed by atoms with E-state index in [4.69, 9.17) is 5.11 Å². The predicted molar refractivity (Wildman–Crippen MR) is 97.8 cm³/mol. The van der Waals surface area contributed by atoms with E-state index in [0.29, 0.717) is 12.8 Å². The summed E-state index contributed by atoms with van der Waals surface area (Å²) in [6, 6.07) is 7.02. The largest absolute Gasteiger partial charge is 0.480 e. The smallest absolute Gasteiger partial charge is 0.325 e. The highest BCUT2D eigenvalue weighted by Gasteiger charge is 2.41. The Bertz CT molecular complexity index is 718. The summed E-state index contributed by atoms with van der Waals surface area (Å²) in [7, 11) is 0. The van der Waals surface area contributed by atoms with Crippen molar-refractivity contribution in [2.24, 2.45) is 11.8 Å². The lowest BCUT2D eigenvalue weighted by molar-refractivity contribution is -0.143. The second-order valence-electron chi connectivity index (χ2n) is 7.46. The normalized spacial score (nSPS) is 26.1. The van der Waals surface area contributed by atoms with Crippen molar-refractivity contribution in [2.75, 3.05) is 4.90 Å². The second-order valence-corrected chi connectivity index (χ2v) is 7.46. The third-order valence-electron chi connectivity index (χ3n) is 5.59. The predicted octanol–water partition coefficient (Wildman–Crippen LogP) is 2.36. The Morgan fingerprint density at radius 2 is 1.81 bits per heavy atom. The van der Waals surface area contributed by atoms with Gasteiger partial charge in [0, 0.05) is 17.6 Å². The zero-order valence-electron chi connectivity index (χ0n) is 15.3. The van der Waals surface area contributed by atoms with E-state index in [-0.39, 0.29) is 17.9 Å². The quantitative estimate of drug-likeness (QED) is 0.865. The Hall–Kier alpha value is -2.37. The standard InChI is InChI=1S/C20H26N2O4/c1-12-11-14-7-3-6-10-17(14)22(12)19(24)16-9-5-4-8-15(16)18(23)21-13(2)20(25)26/h3,6-7,10,12-13,15-16H,4-5,8-9,11H2,1-2H3,(H,21,23)(H,25,26). The van der Waals surface area contributed by atoms with Gasteiger partial charge in [-0.05, 0) is 44.7 Å². The van der Waals surface area contributed by atoms with Gasteiger partial charge >= 0.3 is 5.97 Å². The number of amides is 2. The average molecular weight is 358 g/mol. The molecule has 1 heterocycles. The molecule has 2 N–H and O–H groups in total. The van der Waals surface area contributed by atoms with E-state index in [1.807, 2.05) is 36.1 Å². The first-order valence-electron chi connectivity index (χ1n) is 9.34. The van der Waals surface area contributed by atoms with Crippen LogP contribution in [0, 0.1) is 11.8 Å². The van der Waals surface area contributed by atoms with Crippen molar-refractivity contribution in [1.29, 1.82) is 0 Å². The second kappa shape index (κ2) is 7.48. The van der Waals surface area contributed by atoms with Crippen LogP contribution in [0.3, 0.4) is 0 Å². The molecule has 2 amide bonds. The molecular weight excluding hydrogens is 332 g/mol. The highest BCUT2D eigenvalue weighted by Crippen LogP contribution is 2.38. The highest BCUT2D eigenvalue weighted by molar-refractivity contribution is 6.00. The molecular formula is C20H26N2O4. The van der Waals surface area contributed by atoms with E-state index >= 15 is 0 Å². The van der Waals surface area contributed by atoms with E-state index in [1.165, 1.54) is 6.92 Å². The summed E-state index contributed by atoms with van der Waals surface area (Å²) < 4.78 is 0. The molecule has 0 saturated heterocycles. The number of nitrogens with one attached hydrogen (secondary N) is 1. The van der Waals surface area contributed by atoms with Crippen LogP contribution in [0.4, 0.5) is 5.69 Å². The summed E-state index contributed by atoms with van der Waals surface area (Å²) in [4.78, 5) is 38.8. The maximum absolute atomic E-state index is 13.3. The lowest BCUT2D eigenvalue weighted by Gasteiger charge is -2.34. The van der Waals surface area contributed by atoms with Gasteiger partial charge in [-0.1, -0.05) is 31.0 Å². The number of carbonyl (C=O) groups excluding carboxylic acids is 2. The minimum atomic E-state index is -1.07. The number of carbonyl (C=O) groups is 3. The number of benzene rings is 1. The number of nitrogens with zero attached hydrogens (tertiary/aromatic N) is 1. The van der Waals surface area contributed by atoms with Crippen LogP contribution in [0.5, 0.6) is 0 Å². The van der Waals surface area contributed by atoms with Gasteiger partial charge in [0.1, 0.15) is 6.04 Å². The third kappa shape index (κ3) is 3.45. The molecule has 0 radical (unpaired) electrons. The number of fused-ring (bicyclic) bond motifs is 1. The van der Waals surface area contributed by atoms with Gasteiger partial charge in [0.15, 0.2) is 0 Å². The Labute approximate surface area is 153 Å². The lowest BCUT2D eigenvalue weighted by atomic mass is 9.77. The van der Waals surface area contributed by atoms with E-state index in [0.717, 1.165) is 30.5 Å². The van der Waals surface area contributed by atoms with Gasteiger partial charge < -0.3 is 15.3 Å². The number of para-hydroxylation sites is 1. The van der Waals surface area contributed by atoms with E-state index in [2.05, 4.69) is 5.32 Å². The van der Waals surface area contributed by atoms with Crippen LogP contribution in [-0.4, -0.2) is 35.0 Å². The van der Waals surface area contributed by atoms with Gasteiger partial charge in [-0.2, -0.15) is 0 Å². The Balaban J connectivity index is 1.80. The van der Waals surface area contributed by atoms with Crippen LogP contribution in [0.2, 0.25) is 0 Å². The molecule has 1 saturated carbocycles. The number of hydrogen-bond donors (Lipinski definition) is 2. The Kier molecular flexibility index (Phi) is 5.30. The van der Waals surface area contributed by atoms with Crippen molar-refractivity contribution >= 4 is 23.5 Å². The monoisotopic (exact) mass is 358 g/mol. The van der Waals surface area contributed by atoms with Crippen molar-refractivity contribution in [3.05, 3.63) is 29.8 Å². The molecule has 6 nitrogen and oxygen atoms in total. The van der Waals surface area contributed by atoms with Gasteiger partial charge in [-0.3, -0.25) is 14.4 Å². The minimum absolute atomic E-state index is 0.00900. The molecule has 6 heteroatoms. The van der Waals surface area contributed by atoms with Crippen molar-refractivity contribution in [3.63, 3.8) is 0 Å². The third-order valence-corrected chi connectivity index (χ3v) is 5.59. The van der Waals surface area contributed by atoms with Gasteiger partial charge in [0.05, 0.1) is 5.92 Å². The van der Waals surface area contributed by atoms with Gasteiger partial charge in [0.25, 0.3) is 0 Å². The topological polar surface area (TPSA) is 86.7 Å². The summed E-state index contributed by atoms with van der Waals surface area (Å²) in [6.45, 7) is 3.47. The molecule has 1 aromatic carbocycles. The number of rotatable bonds is 4. The summed E-state index contributed by atoms with van der Waals surface area (Å²) >= 11 is 0. The van der Waals surface area contributed by atoms with Crippen molar-refractivity contribution in [2.45, 2.75) is 58.0 Å². The molecule has 1 fully saturated rings. The zero-order valence-corrected chi connectivity index (χ0v) is 15.3. The lowest BCUT2D eigenvalue weighted by Crippen LogP contribution is -2.49. The van der Waals surface area contributed by atoms with Crippen LogP contribution in [-0.2, 0) is 20.8 Å². The van der Waals surface area contributed by atoms with Crippen molar-refractivity contribution < 1.29 is 19.5 Å². The van der Waals surface area contributed by atoms with Gasteiger partial charge in [-0.15, -0.1) is 0 Å². The molecule has 0 bridgehead atoms. The van der Waals surface area contributed by atoms with E-state index < -0.39 is 23.8 Å². The van der Waals surface area contributed by atoms with Crippen LogP contribution in [0.15, 0.2) is 24.3 Å². The first kappa shape index (κ1) is 18.4. The average Bonchev–Trinajstić information content (AvgIpc) is 2.96. The molecule has 1 aromatic rings. The molecule has 3 rings (SSSR count). The Morgan fingerprint density at radius 1 is 1.15 bits per heavy atom. The van der Waals surface area contributed by atoms with E-state index in [1.54, 1.807) is 0 Å². The van der Waals surface area contributed by atoms with Crippen molar-refractivity contribution in [1.82, 2.24) is 5.32 Å². The molecule has 140 valence electrons. The fourth-order valence-electron chi connectivity index (χ4n) is 4.20. The molecule has 26 heavy (non-hydrogen) atoms. The molecule has 4 atom stereocenters. The van der Waals surface area contributed by atoms with Crippen LogP contribution >= 0.6 is 0 Å². The van der Waals surface area contributed by atoms with Crippen LogP contribution in [0.25, 0.3) is 0 Å². The SMILES string of the molecule is CC(NC(=O)C1CCCCC1C(=O)N1c2ccccc2CC1C)C(=O)O. The molecule has 2 aliphatic rings. The number of carboxylic acid groups (broad SMARTS) is 1. The number of hydrogen-bond acceptors (Lipinski definition) is 3. The minimum Gasteiger partial charge on any atom is -0.480 e. The van der Waals surface area contributed by atoms with Crippen LogP contribution < -0.4 is 10.2 Å². The van der Waals surface area contributed by atoms with Gasteiger partial charge in [0.2, 0.25) is 11.8 Å². The number of aliphatic carboxylic acids is 1. The number of anilines is 1. The van der Waals surface area contributed by atoms with Gasteiger partial charge in [-0.25, -0.2) is 0 Å². The maximum atomic E-state index is 13.3. The molecule has 1 aliphatic heterocycles. The van der Waals surface area contributed by atoms with Crippen molar-refractivity contribution in [3.8, 4) is 0 Å². The molecule has 0 aromatic heterocycles. The maximum Gasteiger partial charge on any atom is 0.325 e. The highest BCUT2D eigenvalue weighted by atomic mass is 16.4. The first-order valence-corrected chi connectivity index (χ1v) is 9.34. The molecule has 1 aliphatic carbocycles. The summed E-state index contributed by atoms with van der Waals surface area (Å²) in [5, 5.41) is 11.6. The van der Waals surface area contributed by atoms with E-state index in [9.17, 15) is 14.4 Å². The fourth-order valence-corrected chi connectivity index (χ4v) is 4.20. The molecule has 4 unspecified atom stereocenters. The zero-order chi connectivity index (χ0) is 18.8. The number of carboxylic acids is 1. The first-order chi connectivity index (χ1) is 12.4. The summed E-state index contributed by atoms with van der Waals surface area (Å²) in [5.74, 6) is -2.25. The summed E-state index contributed by atoms with van der Waals surface area (Å²) in [5.41, 5.74) is 2.10. The Morgan fingerprint density at radius 3 is 2.50 bits per heavy atom. The van der Waals surface area contributed by atoms with Crippen LogP contribution in [0.1, 0.15) is 45.1 Å². The summed E-state index contributed by atoms with van der Waals surface area (Å²) in [6.07, 6.45) is 3.91. The fraction of sp³-hybridized carbons (Fsp3) is 0.550.